The van der Waals surface area contributed by atoms with E-state index in [0.29, 0.717) is 60.5 Å². The van der Waals surface area contributed by atoms with Gasteiger partial charge in [-0.15, -0.1) is 34.0 Å². The van der Waals surface area contributed by atoms with Crippen LogP contribution in [0.4, 0.5) is 28.2 Å². The number of para-hydroxylation sites is 6. The Kier molecular flexibility index (Phi) is 25.2. The lowest BCUT2D eigenvalue weighted by molar-refractivity contribution is -0.126. The highest BCUT2D eigenvalue weighted by molar-refractivity contribution is 7.18. The monoisotopic (exact) mass is 1960 g/mol. The van der Waals surface area contributed by atoms with E-state index in [9.17, 15) is 47.9 Å². The molecule has 14 heterocycles. The van der Waals surface area contributed by atoms with Gasteiger partial charge in [0.25, 0.3) is 23.6 Å². The number of nitrogens with zero attached hydrogens (tertiary/aromatic N) is 12. The van der Waals surface area contributed by atoms with Gasteiger partial charge in [-0.2, -0.15) is 0 Å². The lowest BCUT2D eigenvalue weighted by Gasteiger charge is -2.46. The average molecular weight is 1960 g/mol. The number of carbonyl (C=O) groups is 8. The number of hydrogen-bond donors (Lipinski definition) is 6. The molecule has 4 spiro atoms. The number of imidazole rings is 4. The van der Waals surface area contributed by atoms with Crippen LogP contribution in [0, 0.1) is 21.7 Å². The number of likely N-dealkylation sites (tertiary alicyclic amines) is 4. The van der Waals surface area contributed by atoms with Gasteiger partial charge in [-0.3, -0.25) is 59.6 Å². The van der Waals surface area contributed by atoms with Gasteiger partial charge >= 0.3 is 0 Å². The third kappa shape index (κ3) is 18.3. The number of alkyl halides is 1. The number of halogens is 1. The topological polar surface area (TPSA) is 331 Å². The molecular formula is C110H110FN17O11S3. The third-order valence-corrected chi connectivity index (χ3v) is 34.0. The molecule has 5 aromatic carbocycles. The van der Waals surface area contributed by atoms with Crippen molar-refractivity contribution in [3.63, 3.8) is 0 Å². The van der Waals surface area contributed by atoms with Gasteiger partial charge < -0.3 is 56.8 Å². The smallest absolute Gasteiger partial charge is 0.268 e. The predicted molar refractivity (Wildman–Crippen MR) is 551 cm³/mol. The number of anilines is 4. The van der Waals surface area contributed by atoms with Crippen molar-refractivity contribution in [3.05, 3.63) is 288 Å². The summed E-state index contributed by atoms with van der Waals surface area (Å²) in [4.78, 5) is 135. The molecule has 726 valence electrons. The summed E-state index contributed by atoms with van der Waals surface area (Å²) in [6, 6.07) is 56.5. The first-order valence-corrected chi connectivity index (χ1v) is 51.0. The molecule has 28 nitrogen and oxygen atoms in total. The van der Waals surface area contributed by atoms with Crippen LogP contribution in [0.1, 0.15) is 189 Å². The second-order valence-electron chi connectivity index (χ2n) is 39.8. The number of furan rings is 2. The number of amides is 8. The summed E-state index contributed by atoms with van der Waals surface area (Å²) in [5.74, 6) is 3.41. The molecule has 5 saturated carbocycles. The molecule has 4 saturated heterocycles. The minimum absolute atomic E-state index is 0.00290. The fourth-order valence-electron chi connectivity index (χ4n) is 22.8. The summed E-state index contributed by atoms with van der Waals surface area (Å²) in [5.41, 5.74) is 11.2. The van der Waals surface area contributed by atoms with Crippen molar-refractivity contribution in [2.75, 3.05) is 80.2 Å². The van der Waals surface area contributed by atoms with Crippen LogP contribution in [0.5, 0.6) is 0 Å². The number of nitrogens with one attached hydrogen (secondary N) is 5. The fraction of sp³-hybridized carbons (Fsp3) is 0.327. The summed E-state index contributed by atoms with van der Waals surface area (Å²) in [5, 5.41) is 21.5. The lowest BCUT2D eigenvalue weighted by atomic mass is 9.64. The SMILES string of the molecule is C=CC(=O)N1CCC2(CC(n3c(NC(=O)c4ccc(-c5c[nH]cc5C5CC5)s4)nc4ccccc43)C2)C1.C=CC(=O)N1CCC2(CC(n3c(NC(=O)c4ccc(-c5ccco5)s4)nc4cc(CC)ccc43)C2)C1.C=CC(=O)N1CCC2(CC(n3c(NC(=O)c4ccc(C(C)(F)CO)s4)nc4ccccc43)C2)C1.C=CC(=O)N1CCC2(CC(n3c(NC(=O)c4cccc(-c5ccco5)c4)nc4ccccc43)C2)C1. The molecule has 6 N–H and O–H groups in total. The number of aromatic amines is 1. The largest absolute Gasteiger partial charge is 0.464 e. The van der Waals surface area contributed by atoms with Gasteiger partial charge in [-0.05, 0) is 288 Å². The second kappa shape index (κ2) is 38.2. The molecule has 0 radical (unpaired) electrons. The number of aliphatic hydroxyl groups is 1. The maximum absolute atomic E-state index is 14.4. The van der Waals surface area contributed by atoms with Crippen LogP contribution in [-0.4, -0.2) is 174 Å². The molecule has 1 unspecified atom stereocenters. The number of H-pyrrole nitrogens is 1. The molecule has 24 rings (SSSR count). The van der Waals surface area contributed by atoms with Crippen LogP contribution >= 0.6 is 34.0 Å². The summed E-state index contributed by atoms with van der Waals surface area (Å²) in [6.07, 6.45) is 27.9. The Hall–Kier alpha value is -14.5. The van der Waals surface area contributed by atoms with Crippen molar-refractivity contribution in [2.45, 2.75) is 146 Å². The maximum atomic E-state index is 14.4. The Labute approximate surface area is 831 Å². The molecule has 0 bridgehead atoms. The van der Waals surface area contributed by atoms with Crippen molar-refractivity contribution >= 4 is 149 Å². The Morgan fingerprint density at radius 3 is 1.26 bits per heavy atom. The molecule has 32 heteroatoms. The molecule has 5 aliphatic carbocycles. The first kappa shape index (κ1) is 93.8. The van der Waals surface area contributed by atoms with E-state index in [2.05, 4.69) is 113 Å². The zero-order valence-electron chi connectivity index (χ0n) is 79.0. The number of rotatable bonds is 23. The Balaban J connectivity index is 0.000000112. The fourth-order valence-corrected chi connectivity index (χ4v) is 25.6. The molecule has 142 heavy (non-hydrogen) atoms. The van der Waals surface area contributed by atoms with Crippen LogP contribution in [0.25, 0.3) is 76.5 Å². The van der Waals surface area contributed by atoms with Crippen LogP contribution in [0.3, 0.4) is 0 Å². The number of hydrogen-bond acceptors (Lipinski definition) is 18. The minimum Gasteiger partial charge on any atom is -0.464 e. The number of carbonyl (C=O) groups excluding carboxylic acids is 8. The minimum atomic E-state index is -1.89. The molecule has 15 aromatic rings. The van der Waals surface area contributed by atoms with E-state index in [1.807, 2.05) is 159 Å². The van der Waals surface area contributed by atoms with Crippen LogP contribution < -0.4 is 21.3 Å². The van der Waals surface area contributed by atoms with E-state index >= 15 is 0 Å². The first-order chi connectivity index (χ1) is 68.8. The summed E-state index contributed by atoms with van der Waals surface area (Å²) < 4.78 is 34.0. The molecule has 8 amide bonds. The van der Waals surface area contributed by atoms with Crippen molar-refractivity contribution in [1.29, 1.82) is 0 Å². The highest BCUT2D eigenvalue weighted by Crippen LogP contribution is 2.60. The van der Waals surface area contributed by atoms with Gasteiger partial charge in [0.2, 0.25) is 47.4 Å². The number of benzene rings is 5. The van der Waals surface area contributed by atoms with E-state index < -0.39 is 12.3 Å². The number of fused-ring (bicyclic) bond motifs is 4. The number of aromatic nitrogens is 9. The summed E-state index contributed by atoms with van der Waals surface area (Å²) in [6.45, 7) is 23.4. The number of aliphatic hydroxyl groups excluding tert-OH is 1. The molecule has 10 aromatic heterocycles. The number of thiophene rings is 3. The molecule has 1 atom stereocenters. The Morgan fingerprint density at radius 2 is 0.845 bits per heavy atom. The standard InChI is InChI=1S/C29H29N5O2S.C28H28N4O3S.C28H26N4O3.C25H27FN4O3S/c1-2-26(35)33-12-11-29(17-33)13-19(14-29)34-23-6-4-3-5-22(23)31-28(34)32-27(36)25-10-9-24(37-25)21-16-30-15-20(21)18-7-8-18;1-3-18-7-8-21-20(14-18)29-27(30-26(34)24-10-9-23(36-24)22-6-5-13-35-22)32(21)19-15-28(16-19)11-12-31(17-28)25(33)4-2;1-2-25(33)31-13-12-28(18-31)16-21(17-28)32-23-10-4-3-9-22(23)29-27(32)30-26(34)20-8-5-7-19(15-20)24-11-6-14-35-24;1-3-21(32)29-11-10-25(14-29)12-16(13-25)30-18-7-5-4-6-17(18)27-23(30)28-22(33)19-8-9-20(34-19)24(2,26)15-31/h2-6,9-10,15-16,18-19,30H,1,7-8,11-14,17H2,(H,31,32,36);4-10,13-14,19H,2-3,11-12,15-17H2,1H3,(H,29,30,34);2-11,14-15,21H,1,12-13,16-18H2,(H,29,30,34);3-9,16,31H,1,10-15H2,2H3,(H,27,28,33). The van der Waals surface area contributed by atoms with Crippen molar-refractivity contribution in [2.24, 2.45) is 21.7 Å². The quantitative estimate of drug-likeness (QED) is 0.0324. The van der Waals surface area contributed by atoms with Gasteiger partial charge in [0.05, 0.1) is 82.8 Å². The third-order valence-electron chi connectivity index (χ3n) is 30.4. The number of aryl methyl sites for hydroxylation is 1. The van der Waals surface area contributed by atoms with E-state index in [0.717, 1.165) is 212 Å². The lowest BCUT2D eigenvalue weighted by Crippen LogP contribution is -2.42. The van der Waals surface area contributed by atoms with Crippen molar-refractivity contribution in [1.82, 2.24) is 62.8 Å². The Morgan fingerprint density at radius 1 is 0.451 bits per heavy atom. The zero-order chi connectivity index (χ0) is 98.1. The van der Waals surface area contributed by atoms with E-state index in [-0.39, 0.29) is 93.1 Å². The molecule has 9 fully saturated rings. The highest BCUT2D eigenvalue weighted by Gasteiger charge is 2.55. The van der Waals surface area contributed by atoms with Gasteiger partial charge in [0, 0.05) is 115 Å². The molecule has 4 aliphatic heterocycles. The molecule has 9 aliphatic rings. The van der Waals surface area contributed by atoms with E-state index in [4.69, 9.17) is 23.8 Å². The van der Waals surface area contributed by atoms with E-state index in [1.165, 1.54) is 89.5 Å². The van der Waals surface area contributed by atoms with Crippen LogP contribution in [-0.2, 0) is 31.3 Å². The summed E-state index contributed by atoms with van der Waals surface area (Å²) in [7, 11) is 0. The van der Waals surface area contributed by atoms with E-state index in [1.54, 1.807) is 24.7 Å². The predicted octanol–water partition coefficient (Wildman–Crippen LogP) is 21.4. The van der Waals surface area contributed by atoms with Crippen molar-refractivity contribution < 1.29 is 56.7 Å². The van der Waals surface area contributed by atoms with Crippen molar-refractivity contribution in [3.8, 4) is 32.4 Å². The summed E-state index contributed by atoms with van der Waals surface area (Å²) >= 11 is 3.94. The second-order valence-corrected chi connectivity index (χ2v) is 43.0. The van der Waals surface area contributed by atoms with Gasteiger partial charge in [-0.1, -0.05) is 87.8 Å². The molecular weight excluding hydrogens is 1850 g/mol. The Bertz CT molecular complexity index is 7440. The van der Waals surface area contributed by atoms with Gasteiger partial charge in [-0.25, -0.2) is 24.3 Å². The van der Waals surface area contributed by atoms with Crippen LogP contribution in [0.15, 0.2) is 260 Å². The van der Waals surface area contributed by atoms with Gasteiger partial charge in [0.1, 0.15) is 11.5 Å². The highest BCUT2D eigenvalue weighted by atomic mass is 32.1. The first-order valence-electron chi connectivity index (χ1n) is 48.6. The van der Waals surface area contributed by atoms with Gasteiger partial charge in [0.15, 0.2) is 5.67 Å². The normalized spacial score (nSPS) is 22.2. The zero-order valence-corrected chi connectivity index (χ0v) is 81.5. The van der Waals surface area contributed by atoms with Crippen LogP contribution in [0.2, 0.25) is 0 Å². The maximum Gasteiger partial charge on any atom is 0.268 e. The average Bonchev–Trinajstić information content (AvgIpc) is 1.59.